The van der Waals surface area contributed by atoms with Crippen LogP contribution >= 0.6 is 11.8 Å². The van der Waals surface area contributed by atoms with Crippen molar-refractivity contribution in [3.05, 3.63) is 22.7 Å². The Morgan fingerprint density at radius 3 is 2.80 bits per heavy atom. The quantitative estimate of drug-likeness (QED) is 0.684. The molecule has 0 aliphatic carbocycles. The smallest absolute Gasteiger partial charge is 0.0909 e. The molecule has 0 spiro atoms. The summed E-state index contributed by atoms with van der Waals surface area (Å²) in [5.41, 5.74) is 6.02. The number of hydrogen-bond acceptors (Lipinski definition) is 5. The number of methoxy groups -OCH3 is 1. The average Bonchev–Trinajstić information content (AvgIpc) is 2.21. The predicted octanol–water partition coefficient (Wildman–Crippen LogP) is 0.950. The second-order valence-electron chi connectivity index (χ2n) is 3.22. The third-order valence-corrected chi connectivity index (χ3v) is 2.84. The zero-order valence-electron chi connectivity index (χ0n) is 9.56. The molecule has 0 saturated carbocycles. The fourth-order valence-electron chi connectivity index (χ4n) is 0.677. The Morgan fingerprint density at radius 1 is 1.73 bits per heavy atom. The van der Waals surface area contributed by atoms with Crippen molar-refractivity contribution >= 4 is 11.8 Å². The van der Waals surface area contributed by atoms with Crippen molar-refractivity contribution in [2.45, 2.75) is 13.0 Å². The molecule has 5 heteroatoms. The highest BCUT2D eigenvalue weighted by Crippen LogP contribution is 2.19. The molecule has 1 unspecified atom stereocenters. The van der Waals surface area contributed by atoms with Crippen LogP contribution in [-0.2, 0) is 4.74 Å². The van der Waals surface area contributed by atoms with Gasteiger partial charge < -0.3 is 20.5 Å². The standard InChI is InChI=1S/C10H20N2O2S/c1-8(13)10(11)7-15-9(2)12(3)5-6-14-4/h7-8,13H,2,5-6,11H2,1,3-4H3/b10-7-. The summed E-state index contributed by atoms with van der Waals surface area (Å²) < 4.78 is 4.95. The van der Waals surface area contributed by atoms with E-state index in [-0.39, 0.29) is 0 Å². The normalized spacial score (nSPS) is 13.7. The second kappa shape index (κ2) is 7.62. The van der Waals surface area contributed by atoms with Crippen molar-refractivity contribution in [3.63, 3.8) is 0 Å². The number of nitrogens with two attached hydrogens (primary N) is 1. The molecule has 0 aromatic rings. The van der Waals surface area contributed by atoms with Crippen LogP contribution < -0.4 is 5.73 Å². The lowest BCUT2D eigenvalue weighted by molar-refractivity contribution is 0.177. The fraction of sp³-hybridized carbons (Fsp3) is 0.600. The van der Waals surface area contributed by atoms with Crippen LogP contribution in [0.15, 0.2) is 22.7 Å². The van der Waals surface area contributed by atoms with Gasteiger partial charge in [-0.05, 0) is 12.3 Å². The number of ether oxygens (including phenoxy) is 1. The predicted molar refractivity (Wildman–Crippen MR) is 65.2 cm³/mol. The Morgan fingerprint density at radius 2 is 2.33 bits per heavy atom. The van der Waals surface area contributed by atoms with Gasteiger partial charge in [-0.25, -0.2) is 0 Å². The van der Waals surface area contributed by atoms with Crippen LogP contribution in [0.25, 0.3) is 0 Å². The van der Waals surface area contributed by atoms with Gasteiger partial charge in [-0.3, -0.25) is 0 Å². The van der Waals surface area contributed by atoms with Crippen LogP contribution in [0, 0.1) is 0 Å². The molecule has 0 aliphatic rings. The first kappa shape index (κ1) is 14.3. The third kappa shape index (κ3) is 6.43. The molecule has 0 saturated heterocycles. The number of aliphatic hydroxyl groups excluding tert-OH is 1. The molecule has 15 heavy (non-hydrogen) atoms. The number of rotatable bonds is 7. The van der Waals surface area contributed by atoms with E-state index in [0.29, 0.717) is 12.3 Å². The van der Waals surface area contributed by atoms with Crippen LogP contribution in [0.3, 0.4) is 0 Å². The molecule has 0 radical (unpaired) electrons. The average molecular weight is 232 g/mol. The topological polar surface area (TPSA) is 58.7 Å². The monoisotopic (exact) mass is 232 g/mol. The summed E-state index contributed by atoms with van der Waals surface area (Å²) in [7, 11) is 3.59. The van der Waals surface area contributed by atoms with Crippen molar-refractivity contribution in [2.75, 3.05) is 27.3 Å². The van der Waals surface area contributed by atoms with Gasteiger partial charge in [-0.1, -0.05) is 18.3 Å². The molecule has 1 atom stereocenters. The van der Waals surface area contributed by atoms with Crippen molar-refractivity contribution in [1.82, 2.24) is 4.90 Å². The number of aliphatic hydroxyl groups is 1. The van der Waals surface area contributed by atoms with Crippen LogP contribution in [0.2, 0.25) is 0 Å². The first-order valence-electron chi connectivity index (χ1n) is 4.68. The first-order chi connectivity index (χ1) is 6.99. The highest BCUT2D eigenvalue weighted by atomic mass is 32.2. The number of nitrogens with zero attached hydrogens (tertiary/aromatic N) is 1. The van der Waals surface area contributed by atoms with Gasteiger partial charge >= 0.3 is 0 Å². The minimum Gasteiger partial charge on any atom is -0.399 e. The van der Waals surface area contributed by atoms with Gasteiger partial charge in [-0.2, -0.15) is 0 Å². The lowest BCUT2D eigenvalue weighted by Crippen LogP contribution is -2.20. The van der Waals surface area contributed by atoms with E-state index in [4.69, 9.17) is 15.6 Å². The van der Waals surface area contributed by atoms with Crippen molar-refractivity contribution in [1.29, 1.82) is 0 Å². The van der Waals surface area contributed by atoms with Crippen LogP contribution in [0.1, 0.15) is 6.92 Å². The van der Waals surface area contributed by atoms with Gasteiger partial charge in [0.25, 0.3) is 0 Å². The fourth-order valence-corrected chi connectivity index (χ4v) is 1.42. The Labute approximate surface area is 95.8 Å². The Bertz CT molecular complexity index is 229. The van der Waals surface area contributed by atoms with E-state index in [9.17, 15) is 0 Å². The zero-order chi connectivity index (χ0) is 11.8. The van der Waals surface area contributed by atoms with Crippen molar-refractivity contribution < 1.29 is 9.84 Å². The van der Waals surface area contributed by atoms with E-state index in [1.54, 1.807) is 19.4 Å². The molecule has 0 amide bonds. The molecule has 0 fully saturated rings. The maximum Gasteiger partial charge on any atom is 0.0909 e. The van der Waals surface area contributed by atoms with Crippen LogP contribution in [0.4, 0.5) is 0 Å². The molecular formula is C10H20N2O2S. The molecular weight excluding hydrogens is 212 g/mol. The lowest BCUT2D eigenvalue weighted by atomic mass is 10.3. The van der Waals surface area contributed by atoms with Crippen molar-refractivity contribution in [2.24, 2.45) is 5.73 Å². The van der Waals surface area contributed by atoms with E-state index >= 15 is 0 Å². The Hall–Kier alpha value is -0.650. The van der Waals surface area contributed by atoms with Crippen molar-refractivity contribution in [3.8, 4) is 0 Å². The molecule has 4 nitrogen and oxygen atoms in total. The van der Waals surface area contributed by atoms with E-state index in [0.717, 1.165) is 11.6 Å². The minimum absolute atomic E-state index is 0.446. The summed E-state index contributed by atoms with van der Waals surface area (Å²) in [5, 5.41) is 11.7. The van der Waals surface area contributed by atoms with E-state index in [1.165, 1.54) is 11.8 Å². The molecule has 0 heterocycles. The molecule has 0 aliphatic heterocycles. The first-order valence-corrected chi connectivity index (χ1v) is 5.56. The maximum atomic E-state index is 9.14. The highest BCUT2D eigenvalue weighted by Gasteiger charge is 2.03. The molecule has 0 aromatic carbocycles. The lowest BCUT2D eigenvalue weighted by Gasteiger charge is -2.19. The zero-order valence-corrected chi connectivity index (χ0v) is 10.4. The summed E-state index contributed by atoms with van der Waals surface area (Å²) >= 11 is 1.40. The van der Waals surface area contributed by atoms with Gasteiger partial charge in [-0.15, -0.1) is 0 Å². The summed E-state index contributed by atoms with van der Waals surface area (Å²) in [6.45, 7) is 6.96. The second-order valence-corrected chi connectivity index (χ2v) is 4.16. The number of likely N-dealkylation sites (N-methyl/N-ethyl adjacent to an activating group) is 1. The van der Waals surface area contributed by atoms with Gasteiger partial charge in [0.1, 0.15) is 0 Å². The van der Waals surface area contributed by atoms with E-state index < -0.39 is 6.10 Å². The van der Waals surface area contributed by atoms with Crippen LogP contribution in [-0.4, -0.2) is 43.4 Å². The van der Waals surface area contributed by atoms with Gasteiger partial charge in [0, 0.05) is 26.4 Å². The number of hydrogen-bond donors (Lipinski definition) is 2. The molecule has 3 N–H and O–H groups in total. The Balaban J connectivity index is 3.97. The summed E-state index contributed by atoms with van der Waals surface area (Å²) in [4.78, 5) is 1.97. The van der Waals surface area contributed by atoms with Gasteiger partial charge in [0.05, 0.1) is 17.7 Å². The van der Waals surface area contributed by atoms with Gasteiger partial charge in [0.2, 0.25) is 0 Å². The molecule has 0 aromatic heterocycles. The van der Waals surface area contributed by atoms with Gasteiger partial charge in [0.15, 0.2) is 0 Å². The minimum atomic E-state index is -0.616. The maximum absolute atomic E-state index is 9.14. The highest BCUT2D eigenvalue weighted by molar-refractivity contribution is 8.05. The van der Waals surface area contributed by atoms with Crippen LogP contribution in [0.5, 0.6) is 0 Å². The molecule has 0 rings (SSSR count). The van der Waals surface area contributed by atoms with E-state index in [1.807, 2.05) is 11.9 Å². The summed E-state index contributed by atoms with van der Waals surface area (Å²) in [6.07, 6.45) is -0.616. The largest absolute Gasteiger partial charge is 0.399 e. The third-order valence-electron chi connectivity index (χ3n) is 1.87. The molecule has 0 bridgehead atoms. The SMILES string of the molecule is C=C(S/C=C(\N)C(C)O)N(C)CCOC. The summed E-state index contributed by atoms with van der Waals surface area (Å²) in [5.74, 6) is 0. The van der Waals surface area contributed by atoms with E-state index in [2.05, 4.69) is 6.58 Å². The Kier molecular flexibility index (Phi) is 7.29. The molecule has 88 valence electrons. The summed E-state index contributed by atoms with van der Waals surface area (Å²) in [6, 6.07) is 0. The number of thioether (sulfide) groups is 1.